The fraction of sp³-hybridized carbons (Fsp3) is 0.133. The van der Waals surface area contributed by atoms with E-state index in [-0.39, 0.29) is 123 Å². The molecule has 11 rings (SSSR count). The number of carbonyl (C=O) groups excluding carboxylic acids is 1. The summed E-state index contributed by atoms with van der Waals surface area (Å²) < 4.78 is 13.0. The van der Waals surface area contributed by atoms with Gasteiger partial charge in [0.05, 0.1) is 55.8 Å². The number of aromatic nitrogens is 8. The second-order valence-electron chi connectivity index (χ2n) is 19.0. The van der Waals surface area contributed by atoms with Gasteiger partial charge in [-0.05, 0) is 95.6 Å². The van der Waals surface area contributed by atoms with Gasteiger partial charge in [0.1, 0.15) is 29.2 Å². The summed E-state index contributed by atoms with van der Waals surface area (Å²) >= 11 is 14.0. The molecule has 3 aromatic carbocycles. The molecule has 0 fully saturated rings. The second kappa shape index (κ2) is 23.7. The van der Waals surface area contributed by atoms with Crippen LogP contribution in [0.5, 0.6) is 11.6 Å². The third-order valence-electron chi connectivity index (χ3n) is 13.4. The number of fused-ring (bicyclic) bond motifs is 3. The number of amides is 1. The molecule has 19 nitrogen and oxygen atoms in total. The molecule has 81 heavy (non-hydrogen) atoms. The largest absolute Gasteiger partial charge is 0.506 e. The molecule has 0 bridgehead atoms. The van der Waals surface area contributed by atoms with E-state index in [1.54, 1.807) is 24.8 Å². The van der Waals surface area contributed by atoms with Crippen LogP contribution in [0.3, 0.4) is 0 Å². The summed E-state index contributed by atoms with van der Waals surface area (Å²) in [6.07, 6.45) is 8.22. The van der Waals surface area contributed by atoms with Crippen LogP contribution in [0.25, 0.3) is 44.6 Å². The number of phenols is 1. The number of imidazole rings is 1. The first-order valence-corrected chi connectivity index (χ1v) is 26.2. The minimum atomic E-state index is -1.31. The van der Waals surface area contributed by atoms with Gasteiger partial charge in [0.15, 0.2) is 5.65 Å². The number of aromatic hydroxyl groups is 1. The molecule has 0 radical (unpaired) electrons. The summed E-state index contributed by atoms with van der Waals surface area (Å²) in [5.41, 5.74) is 11.5. The van der Waals surface area contributed by atoms with Crippen molar-refractivity contribution in [2.45, 2.75) is 52.4 Å². The number of anilines is 1. The zero-order valence-corrected chi connectivity index (χ0v) is 44.5. The molecule has 0 spiro atoms. The second-order valence-corrected chi connectivity index (χ2v) is 19.8. The summed E-state index contributed by atoms with van der Waals surface area (Å²) in [6.45, 7) is 1.35. The first-order valence-electron chi connectivity index (χ1n) is 25.4. The Morgan fingerprint density at radius 2 is 1.25 bits per heavy atom. The number of hydrogen-bond acceptors (Lipinski definition) is 16. The Morgan fingerprint density at radius 3 is 1.81 bits per heavy atom. The number of phenolic OH excluding ortho intramolecular Hbond substituents is 1. The molecule has 1 aliphatic heterocycles. The van der Waals surface area contributed by atoms with E-state index in [0.29, 0.717) is 35.6 Å². The molecule has 21 heteroatoms. The number of nitrogens with two attached hydrogens (primary N) is 1. The maximum Gasteiger partial charge on any atom is 0.336 e. The number of benzene rings is 4. The molecule has 9 aromatic rings. The number of hydrogen-bond donors (Lipinski definition) is 5. The zero-order chi connectivity index (χ0) is 56.0. The Labute approximate surface area is 472 Å². The van der Waals surface area contributed by atoms with E-state index in [9.17, 15) is 24.6 Å². The number of ether oxygens (including phenoxy) is 1. The topological polar surface area (TPSA) is 265 Å². The van der Waals surface area contributed by atoms with E-state index in [4.69, 9.17) is 38.1 Å². The molecular formula is C60H48Cl2N12O7. The smallest absolute Gasteiger partial charge is 0.336 e. The Kier molecular flexibility index (Phi) is 15.6. The highest BCUT2D eigenvalue weighted by atomic mass is 35.5. The van der Waals surface area contributed by atoms with E-state index in [2.05, 4.69) is 45.2 Å². The van der Waals surface area contributed by atoms with E-state index >= 15 is 0 Å². The van der Waals surface area contributed by atoms with Crippen molar-refractivity contribution in [3.8, 4) is 34.1 Å². The SMILES string of the molecule is Nc1nc(OCc2ccc(CNC(=O)c3ccc(C(=O)O)c(-c4c5cc(Cl)c(=O)c(CN(Cc6ccccn6)Cc6ccccn6)c-5oc5c(CN(Cc6ccccn6)Cc6ccccn6)c(O)c(Cl)cc45)c3)cc2)c2[nH]cnc2n1. The number of carbonyl (C=O) groups is 2. The van der Waals surface area contributed by atoms with E-state index < -0.39 is 17.3 Å². The number of nitrogen functional groups attached to an aromatic ring is 1. The maximum atomic E-state index is 14.8. The Balaban J connectivity index is 1.02. The maximum absolute atomic E-state index is 14.8. The van der Waals surface area contributed by atoms with Gasteiger partial charge in [-0.25, -0.2) is 9.78 Å². The predicted octanol–water partition coefficient (Wildman–Crippen LogP) is 10.0. The van der Waals surface area contributed by atoms with Crippen LogP contribution in [-0.2, 0) is 52.4 Å². The van der Waals surface area contributed by atoms with Gasteiger partial charge in [0.2, 0.25) is 17.3 Å². The first kappa shape index (κ1) is 53.3. The summed E-state index contributed by atoms with van der Waals surface area (Å²) in [7, 11) is 0. The van der Waals surface area contributed by atoms with Crippen LogP contribution in [0.1, 0.15) is 65.7 Å². The average molecular weight is 1120 g/mol. The van der Waals surface area contributed by atoms with Crippen molar-refractivity contribution in [1.29, 1.82) is 0 Å². The molecule has 6 N–H and O–H groups in total. The first-order chi connectivity index (χ1) is 39.4. The molecule has 0 saturated heterocycles. The fourth-order valence-corrected chi connectivity index (χ4v) is 10.1. The van der Waals surface area contributed by atoms with Gasteiger partial charge < -0.3 is 35.4 Å². The lowest BCUT2D eigenvalue weighted by atomic mass is 9.87. The van der Waals surface area contributed by atoms with Crippen LogP contribution in [-0.4, -0.2) is 71.8 Å². The number of pyridine rings is 4. The number of aromatic amines is 1. The Bertz CT molecular complexity index is 4020. The standard InChI is InChI=1S/C60H48Cl2N12O7/c61-48-24-44-50(43-23-37(17-18-42(43)59(78)79)57(77)68-26-35-13-15-36(16-14-35)33-80-58-51-56(70-34-69-51)71-60(63)72-58)45-25-49(62)53(76)47(32-74(29-40-11-3-7-21-66-40)30-41-12-4-8-22-67-41)55(45)81-54(44)46(52(48)75)31-73(27-38-9-1-5-19-64-38)28-39-10-2-6-20-65-39/h1-25,34,75H,26-33H2,(H,68,77)(H,78,79)(H3,63,69,70,71,72). The number of H-pyrrole nitrogens is 1. The summed E-state index contributed by atoms with van der Waals surface area (Å²) in [6, 6.07) is 36.8. The van der Waals surface area contributed by atoms with Crippen molar-refractivity contribution in [2.75, 3.05) is 5.73 Å². The highest BCUT2D eigenvalue weighted by Gasteiger charge is 2.31. The summed E-state index contributed by atoms with van der Waals surface area (Å²) in [5.74, 6) is -1.81. The van der Waals surface area contributed by atoms with E-state index in [1.807, 2.05) is 107 Å². The lowest BCUT2D eigenvalue weighted by Crippen LogP contribution is -2.27. The van der Waals surface area contributed by atoms with Gasteiger partial charge in [0, 0.05) is 92.7 Å². The van der Waals surface area contributed by atoms with Crippen LogP contribution < -0.4 is 21.2 Å². The van der Waals surface area contributed by atoms with Crippen molar-refractivity contribution in [2.24, 2.45) is 0 Å². The number of carboxylic acids is 1. The highest BCUT2D eigenvalue weighted by molar-refractivity contribution is 6.33. The van der Waals surface area contributed by atoms with Gasteiger partial charge in [-0.15, -0.1) is 0 Å². The van der Waals surface area contributed by atoms with Crippen molar-refractivity contribution >= 4 is 63.2 Å². The normalized spacial score (nSPS) is 11.5. The quantitative estimate of drug-likeness (QED) is 0.0444. The van der Waals surface area contributed by atoms with Crippen molar-refractivity contribution in [3.63, 3.8) is 0 Å². The Morgan fingerprint density at radius 1 is 0.667 bits per heavy atom. The molecule has 1 aliphatic carbocycles. The molecule has 0 unspecified atom stereocenters. The van der Waals surface area contributed by atoms with E-state index in [0.717, 1.165) is 22.5 Å². The monoisotopic (exact) mass is 1120 g/mol. The Hall–Kier alpha value is -9.66. The van der Waals surface area contributed by atoms with Crippen molar-refractivity contribution < 1.29 is 29.0 Å². The number of aromatic carboxylic acids is 1. The van der Waals surface area contributed by atoms with Gasteiger partial charge >= 0.3 is 5.97 Å². The molecule has 0 saturated carbocycles. The van der Waals surface area contributed by atoms with Crippen molar-refractivity contribution in [3.05, 3.63) is 235 Å². The fourth-order valence-electron chi connectivity index (χ4n) is 9.64. The van der Waals surface area contributed by atoms with Gasteiger partial charge in [-0.3, -0.25) is 39.3 Å². The van der Waals surface area contributed by atoms with Crippen LogP contribution >= 0.6 is 23.2 Å². The zero-order valence-electron chi connectivity index (χ0n) is 43.0. The number of halogens is 2. The van der Waals surface area contributed by atoms with E-state index in [1.165, 1.54) is 36.7 Å². The molecule has 1 amide bonds. The number of nitrogens with one attached hydrogen (secondary N) is 2. The third kappa shape index (κ3) is 12.0. The van der Waals surface area contributed by atoms with Gasteiger partial charge in [-0.2, -0.15) is 9.97 Å². The van der Waals surface area contributed by atoms with Crippen molar-refractivity contribution in [1.82, 2.24) is 55.0 Å². The number of nitrogens with zero attached hydrogens (tertiary/aromatic N) is 9. The lowest BCUT2D eigenvalue weighted by Gasteiger charge is -2.26. The molecule has 0 atom stereocenters. The molecule has 2 aliphatic rings. The number of rotatable bonds is 20. The lowest BCUT2D eigenvalue weighted by molar-refractivity contribution is 0.0697. The van der Waals surface area contributed by atoms with Gasteiger partial charge in [0.25, 0.3) is 5.91 Å². The molecule has 404 valence electrons. The minimum absolute atomic E-state index is 0.00286. The predicted molar refractivity (Wildman–Crippen MR) is 304 cm³/mol. The van der Waals surface area contributed by atoms with Crippen LogP contribution in [0.4, 0.5) is 5.95 Å². The minimum Gasteiger partial charge on any atom is -0.506 e. The van der Waals surface area contributed by atoms with Crippen LogP contribution in [0.15, 0.2) is 168 Å². The molecule has 6 aromatic heterocycles. The van der Waals surface area contributed by atoms with Crippen LogP contribution in [0.2, 0.25) is 10.0 Å². The summed E-state index contributed by atoms with van der Waals surface area (Å²) in [5, 5.41) is 26.1. The molecular weight excluding hydrogens is 1070 g/mol. The third-order valence-corrected chi connectivity index (χ3v) is 14.0. The highest BCUT2D eigenvalue weighted by Crippen LogP contribution is 2.48. The van der Waals surface area contributed by atoms with Gasteiger partial charge in [-0.1, -0.05) is 71.7 Å². The number of carboxylic acid groups (broad SMARTS) is 1. The molecule has 7 heterocycles. The average Bonchev–Trinajstić information content (AvgIpc) is 4.10. The summed E-state index contributed by atoms with van der Waals surface area (Å²) in [4.78, 5) is 80.3. The van der Waals surface area contributed by atoms with Crippen LogP contribution in [0, 0.1) is 0 Å².